The van der Waals surface area contributed by atoms with E-state index in [0.29, 0.717) is 5.75 Å². The van der Waals surface area contributed by atoms with Gasteiger partial charge < -0.3 is 4.74 Å². The Hall–Kier alpha value is -3.41. The maximum atomic E-state index is 11.8. The zero-order chi connectivity index (χ0) is 17.5. The van der Waals surface area contributed by atoms with Gasteiger partial charge in [-0.2, -0.15) is 10.2 Å². The van der Waals surface area contributed by atoms with E-state index in [4.69, 9.17) is 4.74 Å². The average Bonchev–Trinajstić information content (AvgIpc) is 3.10. The van der Waals surface area contributed by atoms with Crippen molar-refractivity contribution in [2.75, 3.05) is 6.61 Å². The molecule has 2 aromatic carbocycles. The lowest BCUT2D eigenvalue weighted by Gasteiger charge is -2.05. The Kier molecular flexibility index (Phi) is 5.21. The molecule has 1 amide bonds. The minimum Gasteiger partial charge on any atom is -0.484 e. The van der Waals surface area contributed by atoms with Crippen LogP contribution in [0.1, 0.15) is 11.1 Å². The summed E-state index contributed by atoms with van der Waals surface area (Å²) in [5.41, 5.74) is 6.20. The van der Waals surface area contributed by atoms with Crippen molar-refractivity contribution >= 4 is 12.1 Å². The molecule has 0 saturated heterocycles. The normalized spacial score (nSPS) is 10.8. The molecule has 126 valence electrons. The third-order valence-corrected chi connectivity index (χ3v) is 3.51. The van der Waals surface area contributed by atoms with Gasteiger partial charge in [0, 0.05) is 11.1 Å². The fourth-order valence-corrected chi connectivity index (χ4v) is 2.22. The first-order valence-electron chi connectivity index (χ1n) is 7.82. The summed E-state index contributed by atoms with van der Waals surface area (Å²) in [4.78, 5) is 11.8. The van der Waals surface area contributed by atoms with Crippen LogP contribution in [-0.4, -0.2) is 28.9 Å². The van der Waals surface area contributed by atoms with E-state index in [1.807, 2.05) is 61.5 Å². The highest BCUT2D eigenvalue weighted by molar-refractivity contribution is 5.89. The molecule has 2 N–H and O–H groups in total. The molecule has 0 fully saturated rings. The minimum absolute atomic E-state index is 0.0999. The zero-order valence-corrected chi connectivity index (χ0v) is 13.8. The van der Waals surface area contributed by atoms with E-state index in [1.165, 1.54) is 0 Å². The number of benzene rings is 2. The first kappa shape index (κ1) is 16.4. The van der Waals surface area contributed by atoms with Crippen LogP contribution in [0.5, 0.6) is 5.75 Å². The van der Waals surface area contributed by atoms with E-state index in [1.54, 1.807) is 12.4 Å². The monoisotopic (exact) mass is 334 g/mol. The second-order valence-electron chi connectivity index (χ2n) is 5.46. The van der Waals surface area contributed by atoms with Gasteiger partial charge in [0.25, 0.3) is 5.91 Å². The predicted octanol–water partition coefficient (Wildman–Crippen LogP) is 2.91. The Balaban J connectivity index is 1.54. The van der Waals surface area contributed by atoms with Crippen LogP contribution < -0.4 is 10.2 Å². The van der Waals surface area contributed by atoms with Crippen LogP contribution >= 0.6 is 0 Å². The number of carbonyl (C=O) groups excluding carboxylic acids is 1. The van der Waals surface area contributed by atoms with Gasteiger partial charge in [-0.3, -0.25) is 9.89 Å². The van der Waals surface area contributed by atoms with Crippen molar-refractivity contribution in [1.82, 2.24) is 15.6 Å². The number of hydrogen-bond acceptors (Lipinski definition) is 4. The van der Waals surface area contributed by atoms with E-state index in [2.05, 4.69) is 20.7 Å². The smallest absolute Gasteiger partial charge is 0.277 e. The molecule has 3 rings (SSSR count). The van der Waals surface area contributed by atoms with Gasteiger partial charge in [0.15, 0.2) is 6.61 Å². The second kappa shape index (κ2) is 7.92. The lowest BCUT2D eigenvalue weighted by Crippen LogP contribution is -2.24. The molecule has 0 aliphatic rings. The number of rotatable bonds is 6. The summed E-state index contributed by atoms with van der Waals surface area (Å²) < 4.78 is 5.40. The number of aryl methyl sites for hydroxylation is 1. The molecule has 6 heteroatoms. The van der Waals surface area contributed by atoms with E-state index in [9.17, 15) is 4.79 Å². The van der Waals surface area contributed by atoms with Crippen molar-refractivity contribution in [3.05, 3.63) is 71.9 Å². The summed E-state index contributed by atoms with van der Waals surface area (Å²) in [5.74, 6) is 0.313. The van der Waals surface area contributed by atoms with E-state index in [0.717, 1.165) is 22.4 Å². The third-order valence-electron chi connectivity index (χ3n) is 3.51. The van der Waals surface area contributed by atoms with Gasteiger partial charge >= 0.3 is 0 Å². The highest BCUT2D eigenvalue weighted by Gasteiger charge is 2.05. The van der Waals surface area contributed by atoms with Crippen LogP contribution in [0.15, 0.2) is 65.9 Å². The first-order valence-corrected chi connectivity index (χ1v) is 7.82. The topological polar surface area (TPSA) is 79.4 Å². The molecular weight excluding hydrogens is 316 g/mol. The van der Waals surface area contributed by atoms with E-state index >= 15 is 0 Å². The van der Waals surface area contributed by atoms with Crippen LogP contribution in [0, 0.1) is 6.92 Å². The number of hydrogen-bond donors (Lipinski definition) is 2. The number of aromatic nitrogens is 2. The van der Waals surface area contributed by atoms with Crippen molar-refractivity contribution in [3.8, 4) is 17.0 Å². The average molecular weight is 334 g/mol. The number of hydrazone groups is 1. The Morgan fingerprint density at radius 1 is 1.20 bits per heavy atom. The maximum Gasteiger partial charge on any atom is 0.277 e. The Bertz CT molecular complexity index is 855. The number of nitrogens with one attached hydrogen (secondary N) is 2. The molecule has 1 heterocycles. The van der Waals surface area contributed by atoms with Crippen molar-refractivity contribution in [1.29, 1.82) is 0 Å². The number of nitrogens with zero attached hydrogens (tertiary/aromatic N) is 2. The summed E-state index contributed by atoms with van der Waals surface area (Å²) in [6.07, 6.45) is 3.20. The van der Waals surface area contributed by atoms with Crippen molar-refractivity contribution in [2.24, 2.45) is 5.10 Å². The lowest BCUT2D eigenvalue weighted by atomic mass is 10.1. The summed E-state index contributed by atoms with van der Waals surface area (Å²) in [7, 11) is 0. The highest BCUT2D eigenvalue weighted by atomic mass is 16.5. The Morgan fingerprint density at radius 2 is 1.96 bits per heavy atom. The van der Waals surface area contributed by atoms with Crippen LogP contribution in [0.2, 0.25) is 0 Å². The van der Waals surface area contributed by atoms with Crippen LogP contribution in [0.4, 0.5) is 0 Å². The fraction of sp³-hybridized carbons (Fsp3) is 0.105. The van der Waals surface area contributed by atoms with Gasteiger partial charge in [-0.25, -0.2) is 5.43 Å². The van der Waals surface area contributed by atoms with Crippen molar-refractivity contribution in [2.45, 2.75) is 6.92 Å². The van der Waals surface area contributed by atoms with Crippen LogP contribution in [0.25, 0.3) is 11.3 Å². The molecule has 3 aromatic rings. The van der Waals surface area contributed by atoms with Crippen molar-refractivity contribution in [3.63, 3.8) is 0 Å². The number of amides is 1. The number of ether oxygens (including phenoxy) is 1. The third kappa shape index (κ3) is 4.54. The molecule has 0 aliphatic heterocycles. The van der Waals surface area contributed by atoms with E-state index < -0.39 is 0 Å². The number of carbonyl (C=O) groups is 1. The SMILES string of the molecule is Cc1ccc(OCC(=O)NN=Cc2cn[nH]c2-c2ccccc2)cc1. The summed E-state index contributed by atoms with van der Waals surface area (Å²) >= 11 is 0. The molecule has 0 bridgehead atoms. The molecule has 0 unspecified atom stereocenters. The Morgan fingerprint density at radius 3 is 2.72 bits per heavy atom. The van der Waals surface area contributed by atoms with Gasteiger partial charge in [-0.05, 0) is 19.1 Å². The van der Waals surface area contributed by atoms with Gasteiger partial charge in [0.1, 0.15) is 5.75 Å². The first-order chi connectivity index (χ1) is 12.2. The van der Waals surface area contributed by atoms with Crippen LogP contribution in [-0.2, 0) is 4.79 Å². The molecule has 6 nitrogen and oxygen atoms in total. The van der Waals surface area contributed by atoms with Gasteiger partial charge in [-0.15, -0.1) is 0 Å². The number of H-pyrrole nitrogens is 1. The van der Waals surface area contributed by atoms with Gasteiger partial charge in [0.2, 0.25) is 0 Å². The molecule has 0 saturated carbocycles. The predicted molar refractivity (Wildman–Crippen MR) is 96.4 cm³/mol. The molecule has 0 spiro atoms. The maximum absolute atomic E-state index is 11.8. The lowest BCUT2D eigenvalue weighted by molar-refractivity contribution is -0.123. The second-order valence-corrected chi connectivity index (χ2v) is 5.46. The Labute approximate surface area is 145 Å². The largest absolute Gasteiger partial charge is 0.484 e. The molecule has 0 aliphatic carbocycles. The summed E-state index contributed by atoms with van der Waals surface area (Å²) in [5, 5.41) is 10.9. The minimum atomic E-state index is -0.332. The zero-order valence-electron chi connectivity index (χ0n) is 13.8. The quantitative estimate of drug-likeness (QED) is 0.537. The molecule has 0 atom stereocenters. The highest BCUT2D eigenvalue weighted by Crippen LogP contribution is 2.18. The van der Waals surface area contributed by atoms with E-state index in [-0.39, 0.29) is 12.5 Å². The molecule has 0 radical (unpaired) electrons. The standard InChI is InChI=1S/C19H18N4O2/c1-14-7-9-17(10-8-14)25-13-18(24)22-20-11-16-12-21-23-19(16)15-5-3-2-4-6-15/h2-12H,13H2,1H3,(H,21,23)(H,22,24). The summed E-state index contributed by atoms with van der Waals surface area (Å²) in [6.45, 7) is 1.89. The van der Waals surface area contributed by atoms with Crippen molar-refractivity contribution < 1.29 is 9.53 Å². The van der Waals surface area contributed by atoms with Crippen LogP contribution in [0.3, 0.4) is 0 Å². The van der Waals surface area contributed by atoms with Gasteiger partial charge in [-0.1, -0.05) is 48.0 Å². The fourth-order valence-electron chi connectivity index (χ4n) is 2.22. The van der Waals surface area contributed by atoms with Gasteiger partial charge in [0.05, 0.1) is 18.1 Å². The molecule has 1 aromatic heterocycles. The molecular formula is C19H18N4O2. The number of aromatic amines is 1. The summed E-state index contributed by atoms with van der Waals surface area (Å²) in [6, 6.07) is 17.3. The molecule has 25 heavy (non-hydrogen) atoms.